The fourth-order valence-corrected chi connectivity index (χ4v) is 4.04. The molecule has 0 aliphatic carbocycles. The first-order valence-corrected chi connectivity index (χ1v) is 9.01. The van der Waals surface area contributed by atoms with Crippen LogP contribution in [0.2, 0.25) is 5.02 Å². The van der Waals surface area contributed by atoms with Gasteiger partial charge >= 0.3 is 5.97 Å². The number of hydrogen-bond acceptors (Lipinski definition) is 5. The van der Waals surface area contributed by atoms with E-state index in [0.717, 1.165) is 11.3 Å². The van der Waals surface area contributed by atoms with E-state index in [-0.39, 0.29) is 34.7 Å². The van der Waals surface area contributed by atoms with E-state index in [1.54, 1.807) is 37.3 Å². The molecule has 0 bridgehead atoms. The van der Waals surface area contributed by atoms with Crippen molar-refractivity contribution in [1.29, 1.82) is 0 Å². The Balaban J connectivity index is 2.11. The number of amides is 1. The van der Waals surface area contributed by atoms with Gasteiger partial charge in [0.2, 0.25) is 0 Å². The number of nitrogens with zero attached hydrogens (tertiary/aromatic N) is 2. The molecule has 1 amide bonds. The normalized spacial score (nSPS) is 17.9. The third kappa shape index (κ3) is 3.45. The van der Waals surface area contributed by atoms with Crippen LogP contribution in [0.4, 0.5) is 9.39 Å². The van der Waals surface area contributed by atoms with E-state index in [1.165, 1.54) is 10.0 Å². The molecular formula is C17H16ClFN2O4S. The molecule has 1 N–H and O–H groups in total. The molecule has 3 rings (SSSR count). The maximum atomic E-state index is 14.5. The lowest BCUT2D eigenvalue weighted by molar-refractivity contribution is -0.0647. The van der Waals surface area contributed by atoms with E-state index >= 15 is 0 Å². The van der Waals surface area contributed by atoms with Gasteiger partial charge in [-0.1, -0.05) is 29.8 Å². The molecule has 2 aromatic rings. The van der Waals surface area contributed by atoms with Gasteiger partial charge in [-0.2, -0.15) is 5.01 Å². The first kappa shape index (κ1) is 18.8. The molecule has 1 saturated heterocycles. The highest BCUT2D eigenvalue weighted by Gasteiger charge is 2.36. The minimum atomic E-state index is -1.54. The summed E-state index contributed by atoms with van der Waals surface area (Å²) in [6.07, 6.45) is -1.54. The Morgan fingerprint density at radius 1 is 1.38 bits per heavy atom. The van der Waals surface area contributed by atoms with Crippen molar-refractivity contribution in [2.45, 2.75) is 13.2 Å². The zero-order chi connectivity index (χ0) is 18.8. The number of hydrazine groups is 1. The average molecular weight is 399 g/mol. The van der Waals surface area contributed by atoms with Crippen LogP contribution in [0.3, 0.4) is 0 Å². The summed E-state index contributed by atoms with van der Waals surface area (Å²) in [7, 11) is 0. The molecule has 6 nitrogen and oxygen atoms in total. The third-order valence-electron chi connectivity index (χ3n) is 3.95. The SMILES string of the molecule is Cc1c(N(C(=O)c2ccccc2)N2CCOCC2F)sc(C(=O)O)c1Cl. The summed E-state index contributed by atoms with van der Waals surface area (Å²) in [6, 6.07) is 8.41. The molecule has 138 valence electrons. The third-order valence-corrected chi connectivity index (χ3v) is 5.79. The van der Waals surface area contributed by atoms with Crippen molar-refractivity contribution in [3.8, 4) is 0 Å². The molecule has 1 aliphatic rings. The molecule has 1 fully saturated rings. The lowest BCUT2D eigenvalue weighted by Gasteiger charge is -2.38. The number of benzene rings is 1. The lowest BCUT2D eigenvalue weighted by atomic mass is 10.2. The number of thiophene rings is 1. The van der Waals surface area contributed by atoms with E-state index in [2.05, 4.69) is 0 Å². The summed E-state index contributed by atoms with van der Waals surface area (Å²) in [5.41, 5.74) is 0.768. The fourth-order valence-electron chi connectivity index (χ4n) is 2.64. The van der Waals surface area contributed by atoms with Crippen molar-refractivity contribution in [1.82, 2.24) is 5.01 Å². The molecule has 1 atom stereocenters. The predicted octanol–water partition coefficient (Wildman–Crippen LogP) is 3.60. The van der Waals surface area contributed by atoms with E-state index in [9.17, 15) is 19.1 Å². The summed E-state index contributed by atoms with van der Waals surface area (Å²) < 4.78 is 19.6. The number of hydrogen-bond donors (Lipinski definition) is 1. The Bertz CT molecular complexity index is 830. The van der Waals surface area contributed by atoms with Crippen molar-refractivity contribution >= 4 is 39.8 Å². The number of morpholine rings is 1. The van der Waals surface area contributed by atoms with E-state index in [1.807, 2.05) is 0 Å². The molecule has 1 aromatic heterocycles. The molecule has 1 aromatic carbocycles. The van der Waals surface area contributed by atoms with Gasteiger partial charge in [-0.25, -0.2) is 14.2 Å². The summed E-state index contributed by atoms with van der Waals surface area (Å²) in [4.78, 5) is 24.4. The Kier molecular flexibility index (Phi) is 5.57. The minimum absolute atomic E-state index is 0.0482. The number of aromatic carboxylic acids is 1. The van der Waals surface area contributed by atoms with Gasteiger partial charge in [0.05, 0.1) is 18.2 Å². The van der Waals surface area contributed by atoms with Crippen molar-refractivity contribution in [2.75, 3.05) is 24.8 Å². The zero-order valence-corrected chi connectivity index (χ0v) is 15.4. The quantitative estimate of drug-likeness (QED) is 0.797. The molecule has 0 radical (unpaired) electrons. The molecule has 2 heterocycles. The summed E-state index contributed by atoms with van der Waals surface area (Å²) in [5.74, 6) is -1.66. The number of ether oxygens (including phenoxy) is 1. The Hall–Kier alpha value is -2.00. The van der Waals surface area contributed by atoms with Gasteiger partial charge in [0.15, 0.2) is 6.30 Å². The van der Waals surface area contributed by atoms with Gasteiger partial charge in [-0.15, -0.1) is 11.3 Å². The maximum absolute atomic E-state index is 14.5. The molecule has 0 saturated carbocycles. The first-order valence-electron chi connectivity index (χ1n) is 7.82. The monoisotopic (exact) mass is 398 g/mol. The number of carboxylic acids is 1. The molecular weight excluding hydrogens is 383 g/mol. The summed E-state index contributed by atoms with van der Waals surface area (Å²) in [6.45, 7) is 1.84. The topological polar surface area (TPSA) is 70.1 Å². The predicted molar refractivity (Wildman–Crippen MR) is 96.7 cm³/mol. The number of alkyl halides is 1. The molecule has 0 spiro atoms. The second-order valence-corrected chi connectivity index (χ2v) is 7.01. The Morgan fingerprint density at radius 2 is 2.08 bits per heavy atom. The molecule has 26 heavy (non-hydrogen) atoms. The lowest BCUT2D eigenvalue weighted by Crippen LogP contribution is -2.55. The van der Waals surface area contributed by atoms with E-state index in [4.69, 9.17) is 16.3 Å². The van der Waals surface area contributed by atoms with Gasteiger partial charge in [-0.05, 0) is 19.1 Å². The fraction of sp³-hybridized carbons (Fsp3) is 0.294. The molecule has 9 heteroatoms. The maximum Gasteiger partial charge on any atom is 0.347 e. The number of anilines is 1. The Morgan fingerprint density at radius 3 is 2.65 bits per heavy atom. The Labute approximate surface area is 158 Å². The summed E-state index contributed by atoms with van der Waals surface area (Å²) >= 11 is 6.98. The molecule has 1 aliphatic heterocycles. The second-order valence-electron chi connectivity index (χ2n) is 5.64. The van der Waals surface area contributed by atoms with E-state index < -0.39 is 18.2 Å². The van der Waals surface area contributed by atoms with Crippen LogP contribution in [-0.4, -0.2) is 48.0 Å². The highest BCUT2D eigenvalue weighted by molar-refractivity contribution is 7.19. The van der Waals surface area contributed by atoms with Crippen molar-refractivity contribution in [3.05, 3.63) is 51.4 Å². The number of carbonyl (C=O) groups excluding carboxylic acids is 1. The minimum Gasteiger partial charge on any atom is -0.477 e. The standard InChI is InChI=1S/C17H16ClFN2O4S/c1-10-13(18)14(17(23)24)26-16(10)21(20-7-8-25-9-12(20)19)15(22)11-5-3-2-4-6-11/h2-6,12H,7-9H2,1H3,(H,23,24). The number of rotatable bonds is 4. The van der Waals surface area contributed by atoms with Crippen LogP contribution >= 0.6 is 22.9 Å². The second kappa shape index (κ2) is 7.71. The molecule has 1 unspecified atom stereocenters. The highest BCUT2D eigenvalue weighted by atomic mass is 35.5. The van der Waals surface area contributed by atoms with Crippen molar-refractivity contribution in [3.63, 3.8) is 0 Å². The van der Waals surface area contributed by atoms with Gasteiger partial charge in [0, 0.05) is 17.7 Å². The number of carboxylic acid groups (broad SMARTS) is 1. The zero-order valence-electron chi connectivity index (χ0n) is 13.8. The van der Waals surface area contributed by atoms with Crippen LogP contribution in [0.1, 0.15) is 25.6 Å². The largest absolute Gasteiger partial charge is 0.477 e. The van der Waals surface area contributed by atoms with Gasteiger partial charge < -0.3 is 9.84 Å². The van der Waals surface area contributed by atoms with Gasteiger partial charge in [0.25, 0.3) is 5.91 Å². The van der Waals surface area contributed by atoms with Gasteiger partial charge in [0.1, 0.15) is 9.88 Å². The van der Waals surface area contributed by atoms with Crippen LogP contribution in [0.5, 0.6) is 0 Å². The van der Waals surface area contributed by atoms with Gasteiger partial charge in [-0.3, -0.25) is 4.79 Å². The number of halogens is 2. The first-order chi connectivity index (χ1) is 12.4. The van der Waals surface area contributed by atoms with Crippen LogP contribution < -0.4 is 5.01 Å². The van der Waals surface area contributed by atoms with E-state index in [0.29, 0.717) is 11.1 Å². The van der Waals surface area contributed by atoms with Crippen molar-refractivity contribution in [2.24, 2.45) is 0 Å². The number of carbonyl (C=O) groups is 2. The smallest absolute Gasteiger partial charge is 0.347 e. The summed E-state index contributed by atoms with van der Waals surface area (Å²) in [5, 5.41) is 12.1. The van der Waals surface area contributed by atoms with Crippen LogP contribution in [0.15, 0.2) is 30.3 Å². The highest BCUT2D eigenvalue weighted by Crippen LogP contribution is 2.40. The average Bonchev–Trinajstić information content (AvgIpc) is 2.93. The van der Waals surface area contributed by atoms with Crippen molar-refractivity contribution < 1.29 is 23.8 Å². The van der Waals surface area contributed by atoms with Crippen LogP contribution in [0, 0.1) is 6.92 Å². The van der Waals surface area contributed by atoms with Crippen LogP contribution in [0.25, 0.3) is 0 Å². The van der Waals surface area contributed by atoms with Crippen LogP contribution in [-0.2, 0) is 4.74 Å².